The Bertz CT molecular complexity index is 1030. The number of carbonyl (C=O) groups is 3. The van der Waals surface area contributed by atoms with Crippen LogP contribution in [0.15, 0.2) is 44.8 Å². The average Bonchev–Trinajstić information content (AvgIpc) is 3.07. The molecule has 2 aromatic rings. The second kappa shape index (κ2) is 7.80. The van der Waals surface area contributed by atoms with Gasteiger partial charge in [0.05, 0.1) is 23.4 Å². The summed E-state index contributed by atoms with van der Waals surface area (Å²) in [6.07, 6.45) is 1.23. The Hall–Kier alpha value is -2.98. The molecule has 2 aliphatic heterocycles. The van der Waals surface area contributed by atoms with Crippen LogP contribution in [0.1, 0.15) is 5.76 Å². The van der Waals surface area contributed by atoms with Gasteiger partial charge in [0.25, 0.3) is 11.8 Å². The van der Waals surface area contributed by atoms with Gasteiger partial charge in [-0.05, 0) is 34.1 Å². The van der Waals surface area contributed by atoms with E-state index in [0.717, 1.165) is 6.07 Å². The van der Waals surface area contributed by atoms with Crippen LogP contribution in [0.5, 0.6) is 0 Å². The third-order valence-electron chi connectivity index (χ3n) is 4.47. The van der Waals surface area contributed by atoms with Gasteiger partial charge in [-0.1, -0.05) is 12.1 Å². The highest BCUT2D eigenvalue weighted by molar-refractivity contribution is 9.10. The number of carbonyl (C=O) groups excluding carboxylic acids is 3. The number of ether oxygens (including phenoxy) is 1. The first kappa shape index (κ1) is 19.3. The lowest BCUT2D eigenvalue weighted by Gasteiger charge is -2.27. The molecule has 0 unspecified atom stereocenters. The maximum atomic E-state index is 14.1. The molecule has 1 aromatic carbocycles. The Morgan fingerprint density at radius 1 is 1.14 bits per heavy atom. The van der Waals surface area contributed by atoms with Gasteiger partial charge in [0, 0.05) is 19.2 Å². The minimum Gasteiger partial charge on any atom is -0.440 e. The second-order valence-corrected chi connectivity index (χ2v) is 7.16. The van der Waals surface area contributed by atoms with E-state index >= 15 is 0 Å². The van der Waals surface area contributed by atoms with Gasteiger partial charge in [0.1, 0.15) is 17.2 Å². The van der Waals surface area contributed by atoms with E-state index in [1.54, 1.807) is 6.07 Å². The molecular weight excluding hydrogens is 449 g/mol. The number of imide groups is 2. The van der Waals surface area contributed by atoms with Gasteiger partial charge in [0.2, 0.25) is 5.88 Å². The Morgan fingerprint density at radius 3 is 2.59 bits per heavy atom. The summed E-state index contributed by atoms with van der Waals surface area (Å²) in [5.74, 6) is -1.80. The lowest BCUT2D eigenvalue weighted by atomic mass is 10.1. The fourth-order valence-corrected chi connectivity index (χ4v) is 3.64. The van der Waals surface area contributed by atoms with Crippen molar-refractivity contribution < 1.29 is 27.9 Å². The van der Waals surface area contributed by atoms with E-state index in [0.29, 0.717) is 41.6 Å². The van der Waals surface area contributed by atoms with E-state index in [1.807, 2.05) is 4.90 Å². The normalized spacial score (nSPS) is 19.1. The zero-order valence-corrected chi connectivity index (χ0v) is 16.6. The van der Waals surface area contributed by atoms with Crippen molar-refractivity contribution in [1.82, 2.24) is 5.32 Å². The van der Waals surface area contributed by atoms with Crippen molar-refractivity contribution in [2.75, 3.05) is 36.1 Å². The summed E-state index contributed by atoms with van der Waals surface area (Å²) in [6.45, 7) is 2.39. The van der Waals surface area contributed by atoms with Crippen LogP contribution in [0, 0.1) is 5.82 Å². The third-order valence-corrected chi connectivity index (χ3v) is 5.04. The van der Waals surface area contributed by atoms with Crippen LogP contribution in [0.25, 0.3) is 6.08 Å². The topological polar surface area (TPSA) is 92.1 Å². The summed E-state index contributed by atoms with van der Waals surface area (Å²) in [5.41, 5.74) is -0.592. The number of halogens is 2. The zero-order chi connectivity index (χ0) is 20.5. The first-order chi connectivity index (χ1) is 14.0. The summed E-state index contributed by atoms with van der Waals surface area (Å²) < 4.78 is 25.9. The molecular formula is C19H15BrFN3O5. The van der Waals surface area contributed by atoms with E-state index in [-0.39, 0.29) is 17.0 Å². The number of hydrogen-bond acceptors (Lipinski definition) is 6. The third kappa shape index (κ3) is 3.68. The molecule has 4 amide bonds. The van der Waals surface area contributed by atoms with E-state index in [9.17, 15) is 18.8 Å². The highest BCUT2D eigenvalue weighted by Gasteiger charge is 2.38. The monoisotopic (exact) mass is 463 g/mol. The van der Waals surface area contributed by atoms with E-state index in [4.69, 9.17) is 9.15 Å². The molecule has 1 aromatic heterocycles. The maximum Gasteiger partial charge on any atom is 0.336 e. The Labute approximate surface area is 173 Å². The molecule has 150 valence electrons. The number of amides is 4. The number of barbiturate groups is 1. The Kier molecular flexibility index (Phi) is 5.20. The number of morpholine rings is 1. The highest BCUT2D eigenvalue weighted by atomic mass is 79.9. The molecule has 2 aliphatic rings. The van der Waals surface area contributed by atoms with Crippen molar-refractivity contribution in [2.45, 2.75) is 0 Å². The molecule has 4 rings (SSSR count). The van der Waals surface area contributed by atoms with Gasteiger partial charge in [-0.2, -0.15) is 0 Å². The predicted octanol–water partition coefficient (Wildman–Crippen LogP) is 2.68. The van der Waals surface area contributed by atoms with Crippen LogP contribution in [0.2, 0.25) is 0 Å². The molecule has 3 heterocycles. The second-order valence-electron chi connectivity index (χ2n) is 6.31. The summed E-state index contributed by atoms with van der Waals surface area (Å²) in [7, 11) is 0. The van der Waals surface area contributed by atoms with Crippen LogP contribution in [-0.4, -0.2) is 44.1 Å². The minimum absolute atomic E-state index is 0.236. The van der Waals surface area contributed by atoms with Crippen molar-refractivity contribution in [3.8, 4) is 0 Å². The molecule has 29 heavy (non-hydrogen) atoms. The molecule has 0 bridgehead atoms. The standard InChI is InChI=1S/C19H15BrFN3O5/c20-13-10-11(29-18(13)23-5-7-28-8-6-23)9-12-16(25)22-19(27)24(17(12)26)15-4-2-1-3-14(15)21/h1-4,9-10H,5-8H2,(H,22,25,27). The average molecular weight is 464 g/mol. The maximum absolute atomic E-state index is 14.1. The first-order valence-electron chi connectivity index (χ1n) is 8.73. The summed E-state index contributed by atoms with van der Waals surface area (Å²) >= 11 is 3.41. The van der Waals surface area contributed by atoms with Gasteiger partial charge in [0.15, 0.2) is 0 Å². The summed E-state index contributed by atoms with van der Waals surface area (Å²) in [5, 5.41) is 2.05. The summed E-state index contributed by atoms with van der Waals surface area (Å²) in [4.78, 5) is 39.8. The number of nitrogens with one attached hydrogen (secondary N) is 1. The van der Waals surface area contributed by atoms with E-state index < -0.39 is 23.7 Å². The minimum atomic E-state index is -1.02. The SMILES string of the molecule is O=C1NC(=O)N(c2ccccc2F)C(=O)C1=Cc1cc(Br)c(N2CCOCC2)o1. The number of urea groups is 1. The quantitative estimate of drug-likeness (QED) is 0.555. The fourth-order valence-electron chi connectivity index (χ4n) is 3.08. The van der Waals surface area contributed by atoms with Crippen LogP contribution < -0.4 is 15.1 Å². The van der Waals surface area contributed by atoms with E-state index in [1.165, 1.54) is 24.3 Å². The highest BCUT2D eigenvalue weighted by Crippen LogP contribution is 2.32. The van der Waals surface area contributed by atoms with Crippen molar-refractivity contribution in [1.29, 1.82) is 0 Å². The molecule has 2 saturated heterocycles. The Balaban J connectivity index is 1.67. The molecule has 2 fully saturated rings. The lowest BCUT2D eigenvalue weighted by molar-refractivity contribution is -0.122. The molecule has 1 N–H and O–H groups in total. The molecule has 0 aliphatic carbocycles. The number of furan rings is 1. The van der Waals surface area contributed by atoms with Crippen molar-refractivity contribution >= 4 is 51.4 Å². The van der Waals surface area contributed by atoms with Crippen LogP contribution in [0.3, 0.4) is 0 Å². The smallest absolute Gasteiger partial charge is 0.336 e. The molecule has 0 saturated carbocycles. The van der Waals surface area contributed by atoms with Gasteiger partial charge in [-0.25, -0.2) is 14.1 Å². The molecule has 8 nitrogen and oxygen atoms in total. The molecule has 0 spiro atoms. The molecule has 0 radical (unpaired) electrons. The Morgan fingerprint density at radius 2 is 1.86 bits per heavy atom. The number of nitrogens with zero attached hydrogens (tertiary/aromatic N) is 2. The lowest BCUT2D eigenvalue weighted by Crippen LogP contribution is -2.54. The van der Waals surface area contributed by atoms with Crippen LogP contribution >= 0.6 is 15.9 Å². The van der Waals surface area contributed by atoms with Crippen LogP contribution in [-0.2, 0) is 14.3 Å². The number of hydrogen-bond donors (Lipinski definition) is 1. The van der Waals surface area contributed by atoms with Gasteiger partial charge in [-0.3, -0.25) is 14.9 Å². The van der Waals surface area contributed by atoms with Gasteiger partial charge in [-0.15, -0.1) is 0 Å². The number of para-hydroxylation sites is 1. The fraction of sp³-hybridized carbons (Fsp3) is 0.211. The van der Waals surface area contributed by atoms with E-state index in [2.05, 4.69) is 21.2 Å². The molecule has 10 heteroatoms. The number of benzene rings is 1. The van der Waals surface area contributed by atoms with Crippen molar-refractivity contribution in [3.05, 3.63) is 52.0 Å². The molecule has 0 atom stereocenters. The predicted molar refractivity (Wildman–Crippen MR) is 105 cm³/mol. The zero-order valence-electron chi connectivity index (χ0n) is 15.0. The number of anilines is 2. The first-order valence-corrected chi connectivity index (χ1v) is 9.53. The summed E-state index contributed by atoms with van der Waals surface area (Å²) in [6, 6.07) is 5.91. The largest absolute Gasteiger partial charge is 0.440 e. The van der Waals surface area contributed by atoms with Crippen LogP contribution in [0.4, 0.5) is 20.8 Å². The van der Waals surface area contributed by atoms with Gasteiger partial charge >= 0.3 is 6.03 Å². The van der Waals surface area contributed by atoms with Crippen molar-refractivity contribution in [3.63, 3.8) is 0 Å². The number of rotatable bonds is 3. The van der Waals surface area contributed by atoms with Crippen molar-refractivity contribution in [2.24, 2.45) is 0 Å². The van der Waals surface area contributed by atoms with Gasteiger partial charge < -0.3 is 14.1 Å².